The quantitative estimate of drug-likeness (QED) is 0.808. The Morgan fingerprint density at radius 1 is 1.17 bits per heavy atom. The van der Waals surface area contributed by atoms with E-state index in [1.54, 1.807) is 0 Å². The Hall–Kier alpha value is -0.0800. The van der Waals surface area contributed by atoms with Crippen LogP contribution >= 0.6 is 0 Å². The molecule has 0 heterocycles. The smallest absolute Gasteiger partial charge is 0.0159 e. The molecule has 0 saturated heterocycles. The zero-order chi connectivity index (χ0) is 13.2. The van der Waals surface area contributed by atoms with Gasteiger partial charge in [0.15, 0.2) is 0 Å². The topological polar surface area (TPSA) is 15.3 Å². The van der Waals surface area contributed by atoms with Gasteiger partial charge in [0, 0.05) is 18.6 Å². The van der Waals surface area contributed by atoms with Gasteiger partial charge in [-0.3, -0.25) is 0 Å². The molecule has 0 aromatic carbocycles. The summed E-state index contributed by atoms with van der Waals surface area (Å²) in [5.41, 5.74) is 0.472. The Bertz CT molecular complexity index is 258. The van der Waals surface area contributed by atoms with Crippen LogP contribution in [-0.4, -0.2) is 37.1 Å². The van der Waals surface area contributed by atoms with Crippen LogP contribution < -0.4 is 5.32 Å². The van der Waals surface area contributed by atoms with Gasteiger partial charge in [-0.1, -0.05) is 33.6 Å². The van der Waals surface area contributed by atoms with Crippen molar-refractivity contribution in [1.29, 1.82) is 0 Å². The van der Waals surface area contributed by atoms with Gasteiger partial charge in [0.1, 0.15) is 0 Å². The Morgan fingerprint density at radius 3 is 2.44 bits per heavy atom. The van der Waals surface area contributed by atoms with Crippen molar-refractivity contribution in [3.8, 4) is 0 Å². The van der Waals surface area contributed by atoms with Gasteiger partial charge in [-0.2, -0.15) is 0 Å². The Morgan fingerprint density at radius 2 is 1.89 bits per heavy atom. The first-order valence-corrected chi connectivity index (χ1v) is 7.98. The monoisotopic (exact) mass is 252 g/mol. The fourth-order valence-electron chi connectivity index (χ4n) is 3.99. The molecule has 0 spiro atoms. The molecule has 2 aliphatic rings. The molecule has 1 N–H and O–H groups in total. The molecular formula is C16H32N2. The summed E-state index contributed by atoms with van der Waals surface area (Å²) in [5.74, 6) is 0.847. The van der Waals surface area contributed by atoms with Gasteiger partial charge in [0.05, 0.1) is 0 Å². The van der Waals surface area contributed by atoms with Crippen molar-refractivity contribution >= 4 is 0 Å². The van der Waals surface area contributed by atoms with Gasteiger partial charge in [0.2, 0.25) is 0 Å². The molecule has 2 saturated carbocycles. The first kappa shape index (κ1) is 14.3. The summed E-state index contributed by atoms with van der Waals surface area (Å²) in [7, 11) is 2.34. The molecule has 0 aromatic heterocycles. The van der Waals surface area contributed by atoms with Gasteiger partial charge in [-0.05, 0) is 50.6 Å². The highest BCUT2D eigenvalue weighted by Crippen LogP contribution is 2.39. The molecule has 2 rings (SSSR count). The van der Waals surface area contributed by atoms with Gasteiger partial charge in [0.25, 0.3) is 0 Å². The fourth-order valence-corrected chi connectivity index (χ4v) is 3.99. The van der Waals surface area contributed by atoms with Gasteiger partial charge in [-0.25, -0.2) is 0 Å². The van der Waals surface area contributed by atoms with Gasteiger partial charge in [-0.15, -0.1) is 0 Å². The third-order valence-electron chi connectivity index (χ3n) is 5.35. The van der Waals surface area contributed by atoms with Crippen LogP contribution in [0.15, 0.2) is 0 Å². The Balaban J connectivity index is 1.95. The lowest BCUT2D eigenvalue weighted by atomic mass is 9.67. The van der Waals surface area contributed by atoms with E-state index in [4.69, 9.17) is 0 Å². The van der Waals surface area contributed by atoms with Crippen molar-refractivity contribution < 1.29 is 0 Å². The largest absolute Gasteiger partial charge is 0.313 e. The van der Waals surface area contributed by atoms with E-state index < -0.39 is 0 Å². The van der Waals surface area contributed by atoms with Crippen LogP contribution in [-0.2, 0) is 0 Å². The predicted molar refractivity (Wildman–Crippen MR) is 78.9 cm³/mol. The van der Waals surface area contributed by atoms with E-state index in [1.807, 2.05) is 0 Å². The molecule has 2 heteroatoms. The van der Waals surface area contributed by atoms with Crippen LogP contribution in [0.1, 0.15) is 59.3 Å². The van der Waals surface area contributed by atoms with Crippen LogP contribution in [0.4, 0.5) is 0 Å². The highest BCUT2D eigenvalue weighted by atomic mass is 15.1. The average molecular weight is 252 g/mol. The maximum atomic E-state index is 3.78. The van der Waals surface area contributed by atoms with E-state index in [0.717, 1.165) is 18.5 Å². The summed E-state index contributed by atoms with van der Waals surface area (Å²) in [6.07, 6.45) is 8.52. The SMILES string of the molecule is CCNC1C(CN(C)C2CCC2)CCCC1(C)C. The molecule has 18 heavy (non-hydrogen) atoms. The summed E-state index contributed by atoms with van der Waals surface area (Å²) in [6.45, 7) is 9.56. The Kier molecular flexibility index (Phi) is 4.71. The number of rotatable bonds is 5. The van der Waals surface area contributed by atoms with Crippen LogP contribution in [0.3, 0.4) is 0 Å². The number of hydrogen-bond donors (Lipinski definition) is 1. The molecule has 106 valence electrons. The third kappa shape index (κ3) is 3.08. The second-order valence-corrected chi connectivity index (χ2v) is 7.20. The first-order chi connectivity index (χ1) is 8.54. The number of nitrogens with zero attached hydrogens (tertiary/aromatic N) is 1. The summed E-state index contributed by atoms with van der Waals surface area (Å²) in [5, 5.41) is 3.78. The zero-order valence-corrected chi connectivity index (χ0v) is 12.8. The minimum Gasteiger partial charge on any atom is -0.313 e. The van der Waals surface area contributed by atoms with Crippen LogP contribution in [0.25, 0.3) is 0 Å². The van der Waals surface area contributed by atoms with Crippen LogP contribution in [0.2, 0.25) is 0 Å². The molecule has 0 bridgehead atoms. The van der Waals surface area contributed by atoms with E-state index in [9.17, 15) is 0 Å². The summed E-state index contributed by atoms with van der Waals surface area (Å²) < 4.78 is 0. The number of hydrogen-bond acceptors (Lipinski definition) is 2. The van der Waals surface area contributed by atoms with Crippen LogP contribution in [0.5, 0.6) is 0 Å². The van der Waals surface area contributed by atoms with E-state index in [0.29, 0.717) is 11.5 Å². The lowest BCUT2D eigenvalue weighted by Crippen LogP contribution is -2.53. The zero-order valence-electron chi connectivity index (χ0n) is 12.8. The van der Waals surface area contributed by atoms with Gasteiger partial charge < -0.3 is 10.2 Å². The van der Waals surface area contributed by atoms with Crippen molar-refractivity contribution in [2.24, 2.45) is 11.3 Å². The minimum atomic E-state index is 0.472. The summed E-state index contributed by atoms with van der Waals surface area (Å²) in [6, 6.07) is 1.59. The lowest BCUT2D eigenvalue weighted by molar-refractivity contribution is 0.0603. The molecule has 2 fully saturated rings. The summed E-state index contributed by atoms with van der Waals surface area (Å²) in [4.78, 5) is 2.64. The predicted octanol–water partition coefficient (Wildman–Crippen LogP) is 3.28. The maximum Gasteiger partial charge on any atom is 0.0159 e. The molecule has 0 aliphatic heterocycles. The molecule has 2 aliphatic carbocycles. The number of nitrogens with one attached hydrogen (secondary N) is 1. The van der Waals surface area contributed by atoms with E-state index in [-0.39, 0.29) is 0 Å². The standard InChI is InChI=1S/C16H32N2/c1-5-17-15-13(8-7-11-16(15,2)3)12-18(4)14-9-6-10-14/h13-15,17H,5-12H2,1-4H3. The summed E-state index contributed by atoms with van der Waals surface area (Å²) >= 11 is 0. The molecular weight excluding hydrogens is 220 g/mol. The highest BCUT2D eigenvalue weighted by Gasteiger charge is 2.39. The molecule has 2 atom stereocenters. The van der Waals surface area contributed by atoms with E-state index >= 15 is 0 Å². The molecule has 0 amide bonds. The first-order valence-electron chi connectivity index (χ1n) is 7.98. The molecule has 2 unspecified atom stereocenters. The van der Waals surface area contributed by atoms with Crippen molar-refractivity contribution in [2.45, 2.75) is 71.4 Å². The molecule has 0 radical (unpaired) electrons. The third-order valence-corrected chi connectivity index (χ3v) is 5.35. The molecule has 2 nitrogen and oxygen atoms in total. The normalized spacial score (nSPS) is 32.5. The minimum absolute atomic E-state index is 0.472. The van der Waals surface area contributed by atoms with Crippen LogP contribution in [0, 0.1) is 11.3 Å². The highest BCUT2D eigenvalue weighted by molar-refractivity contribution is 4.95. The van der Waals surface area contributed by atoms with Crippen molar-refractivity contribution in [3.05, 3.63) is 0 Å². The maximum absolute atomic E-state index is 3.78. The second kappa shape index (κ2) is 5.92. The lowest BCUT2D eigenvalue weighted by Gasteiger charge is -2.47. The van der Waals surface area contributed by atoms with E-state index in [2.05, 4.69) is 38.0 Å². The molecule has 0 aromatic rings. The van der Waals surface area contributed by atoms with Crippen molar-refractivity contribution in [3.63, 3.8) is 0 Å². The van der Waals surface area contributed by atoms with Crippen molar-refractivity contribution in [2.75, 3.05) is 20.1 Å². The van der Waals surface area contributed by atoms with E-state index in [1.165, 1.54) is 45.1 Å². The van der Waals surface area contributed by atoms with Crippen molar-refractivity contribution in [1.82, 2.24) is 10.2 Å². The fraction of sp³-hybridized carbons (Fsp3) is 1.00. The Labute approximate surface area is 114 Å². The van der Waals surface area contributed by atoms with Gasteiger partial charge >= 0.3 is 0 Å². The second-order valence-electron chi connectivity index (χ2n) is 7.20. The average Bonchev–Trinajstić information content (AvgIpc) is 2.20.